The Hall–Kier alpha value is -3.65. The number of fused-ring (bicyclic) bond motifs is 1. The van der Waals surface area contributed by atoms with Crippen LogP contribution in [0.25, 0.3) is 21.3 Å². The van der Waals surface area contributed by atoms with Crippen LogP contribution in [0.3, 0.4) is 0 Å². The fourth-order valence-electron chi connectivity index (χ4n) is 3.63. The standard InChI is InChI=1S/C26H28N4O3S/c1-5-12-27-26(31)18-8-6-17(7-9-18)24-11-10-19(34-24)15-28-25-20-13-22(32-3)23(33-4)14-21(20)29-16(2)30-25/h6-11,13-14H,5,12,15H2,1-4H3,(H,27,31)(H,28,29,30). The van der Waals surface area contributed by atoms with Gasteiger partial charge in [0, 0.05) is 33.3 Å². The van der Waals surface area contributed by atoms with Crippen molar-refractivity contribution in [1.29, 1.82) is 0 Å². The Bertz CT molecular complexity index is 1300. The van der Waals surface area contributed by atoms with Crippen molar-refractivity contribution in [1.82, 2.24) is 15.3 Å². The first-order valence-electron chi connectivity index (χ1n) is 11.1. The summed E-state index contributed by atoms with van der Waals surface area (Å²) in [6, 6.07) is 15.7. The van der Waals surface area contributed by atoms with E-state index >= 15 is 0 Å². The van der Waals surface area contributed by atoms with Gasteiger partial charge in [-0.05, 0) is 49.2 Å². The number of methoxy groups -OCH3 is 2. The number of hydrogen-bond donors (Lipinski definition) is 2. The molecule has 0 unspecified atom stereocenters. The van der Waals surface area contributed by atoms with Gasteiger partial charge in [0.15, 0.2) is 11.5 Å². The fourth-order valence-corrected chi connectivity index (χ4v) is 4.58. The summed E-state index contributed by atoms with van der Waals surface area (Å²) in [6.07, 6.45) is 0.919. The number of thiophene rings is 1. The lowest BCUT2D eigenvalue weighted by molar-refractivity contribution is 0.0953. The largest absolute Gasteiger partial charge is 0.493 e. The molecule has 176 valence electrons. The normalized spacial score (nSPS) is 10.8. The lowest BCUT2D eigenvalue weighted by Gasteiger charge is -2.12. The Morgan fingerprint density at radius 2 is 1.74 bits per heavy atom. The molecule has 0 bridgehead atoms. The van der Waals surface area contributed by atoms with Crippen molar-refractivity contribution in [3.05, 3.63) is 64.8 Å². The molecule has 34 heavy (non-hydrogen) atoms. The van der Waals surface area contributed by atoms with E-state index in [4.69, 9.17) is 9.47 Å². The number of hydrogen-bond acceptors (Lipinski definition) is 7. The lowest BCUT2D eigenvalue weighted by Crippen LogP contribution is -2.23. The maximum Gasteiger partial charge on any atom is 0.251 e. The van der Waals surface area contributed by atoms with Crippen LogP contribution < -0.4 is 20.1 Å². The molecular formula is C26H28N4O3S. The molecule has 1 amide bonds. The summed E-state index contributed by atoms with van der Waals surface area (Å²) in [5.41, 5.74) is 2.56. The molecule has 2 aromatic heterocycles. The third-order valence-corrected chi connectivity index (χ3v) is 6.51. The molecule has 0 aliphatic heterocycles. The third-order valence-electron chi connectivity index (χ3n) is 5.37. The smallest absolute Gasteiger partial charge is 0.251 e. The quantitative estimate of drug-likeness (QED) is 0.335. The Morgan fingerprint density at radius 1 is 1.00 bits per heavy atom. The molecular weight excluding hydrogens is 448 g/mol. The highest BCUT2D eigenvalue weighted by Crippen LogP contribution is 2.34. The van der Waals surface area contributed by atoms with Crippen LogP contribution in [0.1, 0.15) is 34.4 Å². The van der Waals surface area contributed by atoms with Crippen molar-refractivity contribution in [2.45, 2.75) is 26.8 Å². The van der Waals surface area contributed by atoms with E-state index in [2.05, 4.69) is 32.7 Å². The predicted octanol–water partition coefficient (Wildman–Crippen LogP) is 5.44. The summed E-state index contributed by atoms with van der Waals surface area (Å²) < 4.78 is 10.9. The molecule has 0 aliphatic rings. The highest BCUT2D eigenvalue weighted by molar-refractivity contribution is 7.15. The maximum atomic E-state index is 12.1. The molecule has 0 atom stereocenters. The van der Waals surface area contributed by atoms with Crippen molar-refractivity contribution in [3.63, 3.8) is 0 Å². The summed E-state index contributed by atoms with van der Waals surface area (Å²) in [6.45, 7) is 5.22. The minimum absolute atomic E-state index is 0.0360. The molecule has 4 rings (SSSR count). The fraction of sp³-hybridized carbons (Fsp3) is 0.269. The highest BCUT2D eigenvalue weighted by Gasteiger charge is 2.13. The molecule has 8 heteroatoms. The second-order valence-electron chi connectivity index (χ2n) is 7.80. The van der Waals surface area contributed by atoms with Gasteiger partial charge < -0.3 is 20.1 Å². The average Bonchev–Trinajstić information content (AvgIpc) is 3.34. The first-order chi connectivity index (χ1) is 16.5. The molecule has 2 N–H and O–H groups in total. The number of aromatic nitrogens is 2. The van der Waals surface area contributed by atoms with Gasteiger partial charge in [0.2, 0.25) is 0 Å². The number of amides is 1. The van der Waals surface area contributed by atoms with E-state index in [-0.39, 0.29) is 5.91 Å². The van der Waals surface area contributed by atoms with Gasteiger partial charge in [0.1, 0.15) is 11.6 Å². The van der Waals surface area contributed by atoms with E-state index < -0.39 is 0 Å². The van der Waals surface area contributed by atoms with Gasteiger partial charge in [-0.15, -0.1) is 11.3 Å². The molecule has 0 aliphatic carbocycles. The van der Waals surface area contributed by atoms with Gasteiger partial charge in [0.25, 0.3) is 5.91 Å². The van der Waals surface area contributed by atoms with E-state index in [1.54, 1.807) is 25.6 Å². The number of benzene rings is 2. The zero-order valence-corrected chi connectivity index (χ0v) is 20.6. The van der Waals surface area contributed by atoms with E-state index in [1.165, 1.54) is 4.88 Å². The number of ether oxygens (including phenoxy) is 2. The summed E-state index contributed by atoms with van der Waals surface area (Å²) >= 11 is 1.71. The first kappa shape index (κ1) is 23.5. The third kappa shape index (κ3) is 5.12. The van der Waals surface area contributed by atoms with E-state index in [1.807, 2.05) is 50.2 Å². The lowest BCUT2D eigenvalue weighted by atomic mass is 10.1. The van der Waals surface area contributed by atoms with Gasteiger partial charge in [-0.2, -0.15) is 0 Å². The Labute approximate surface area is 203 Å². The number of rotatable bonds is 9. The minimum Gasteiger partial charge on any atom is -0.493 e. The molecule has 0 fully saturated rings. The molecule has 0 saturated carbocycles. The number of aryl methyl sites for hydroxylation is 1. The molecule has 0 saturated heterocycles. The number of carbonyl (C=O) groups is 1. The van der Waals surface area contributed by atoms with Crippen LogP contribution in [0.5, 0.6) is 11.5 Å². The monoisotopic (exact) mass is 476 g/mol. The molecule has 7 nitrogen and oxygen atoms in total. The van der Waals surface area contributed by atoms with E-state index in [0.29, 0.717) is 36.0 Å². The average molecular weight is 477 g/mol. The van der Waals surface area contributed by atoms with Crippen molar-refractivity contribution in [2.24, 2.45) is 0 Å². The van der Waals surface area contributed by atoms with Gasteiger partial charge in [0.05, 0.1) is 26.3 Å². The van der Waals surface area contributed by atoms with Crippen LogP contribution in [0, 0.1) is 6.92 Å². The molecule has 2 aromatic carbocycles. The van der Waals surface area contributed by atoms with Crippen molar-refractivity contribution in [2.75, 3.05) is 26.1 Å². The van der Waals surface area contributed by atoms with Gasteiger partial charge in [-0.25, -0.2) is 9.97 Å². The van der Waals surface area contributed by atoms with Crippen LogP contribution in [0.15, 0.2) is 48.5 Å². The molecule has 2 heterocycles. The van der Waals surface area contributed by atoms with Crippen LogP contribution >= 0.6 is 11.3 Å². The minimum atomic E-state index is -0.0360. The first-order valence-corrected chi connectivity index (χ1v) is 12.0. The van der Waals surface area contributed by atoms with Crippen molar-refractivity contribution in [3.8, 4) is 21.9 Å². The van der Waals surface area contributed by atoms with Crippen molar-refractivity contribution >= 4 is 34.0 Å². The van der Waals surface area contributed by atoms with Crippen LogP contribution in [-0.2, 0) is 6.54 Å². The number of nitrogens with zero attached hydrogens (tertiary/aromatic N) is 2. The zero-order chi connectivity index (χ0) is 24.1. The van der Waals surface area contributed by atoms with Gasteiger partial charge in [-0.3, -0.25) is 4.79 Å². The number of anilines is 1. The Balaban J connectivity index is 1.50. The number of carbonyl (C=O) groups excluding carboxylic acids is 1. The van der Waals surface area contributed by atoms with Crippen LogP contribution in [0.4, 0.5) is 5.82 Å². The highest BCUT2D eigenvalue weighted by atomic mass is 32.1. The zero-order valence-electron chi connectivity index (χ0n) is 19.8. The maximum absolute atomic E-state index is 12.1. The topological polar surface area (TPSA) is 85.4 Å². The van der Waals surface area contributed by atoms with Crippen LogP contribution in [0.2, 0.25) is 0 Å². The molecule has 0 spiro atoms. The van der Waals surface area contributed by atoms with Crippen LogP contribution in [-0.4, -0.2) is 36.6 Å². The predicted molar refractivity (Wildman–Crippen MR) is 137 cm³/mol. The Morgan fingerprint density at radius 3 is 2.44 bits per heavy atom. The van der Waals surface area contributed by atoms with Gasteiger partial charge >= 0.3 is 0 Å². The summed E-state index contributed by atoms with van der Waals surface area (Å²) in [5, 5.41) is 7.23. The van der Waals surface area contributed by atoms with Crippen molar-refractivity contribution < 1.29 is 14.3 Å². The molecule has 0 radical (unpaired) electrons. The second kappa shape index (κ2) is 10.5. The van der Waals surface area contributed by atoms with Gasteiger partial charge in [-0.1, -0.05) is 19.1 Å². The van der Waals surface area contributed by atoms with E-state index in [0.717, 1.165) is 33.6 Å². The Kier molecular flexibility index (Phi) is 7.27. The second-order valence-corrected chi connectivity index (χ2v) is 8.96. The summed E-state index contributed by atoms with van der Waals surface area (Å²) in [4.78, 5) is 23.6. The van der Waals surface area contributed by atoms with E-state index in [9.17, 15) is 4.79 Å². The number of nitrogens with one attached hydrogen (secondary N) is 2. The molecule has 4 aromatic rings. The summed E-state index contributed by atoms with van der Waals surface area (Å²) in [5.74, 6) is 2.66. The SMILES string of the molecule is CCCNC(=O)c1ccc(-c2ccc(CNc3nc(C)nc4cc(OC)c(OC)cc34)s2)cc1. The summed E-state index contributed by atoms with van der Waals surface area (Å²) in [7, 11) is 3.23.